The molecule has 0 N–H and O–H groups in total. The Bertz CT molecular complexity index is 222. The Morgan fingerprint density at radius 3 is 2.71 bits per heavy atom. The number of piperidine rings is 1. The summed E-state index contributed by atoms with van der Waals surface area (Å²) in [6.07, 6.45) is 5.64. The maximum absolute atomic E-state index is 11.3. The lowest BCUT2D eigenvalue weighted by atomic mass is 9.97. The fourth-order valence-electron chi connectivity index (χ4n) is 2.84. The van der Waals surface area contributed by atoms with E-state index in [0.29, 0.717) is 11.8 Å². The van der Waals surface area contributed by atoms with Crippen LogP contribution in [0.3, 0.4) is 0 Å². The molecule has 0 radical (unpaired) electrons. The van der Waals surface area contributed by atoms with Crippen molar-refractivity contribution in [3.05, 3.63) is 0 Å². The minimum absolute atomic E-state index is 0.458. The molecule has 80 valence electrons. The van der Waals surface area contributed by atoms with Crippen molar-refractivity contribution >= 4 is 5.78 Å². The molecule has 14 heavy (non-hydrogen) atoms. The molecule has 0 aromatic rings. The third-order valence-corrected chi connectivity index (χ3v) is 3.75. The first-order chi connectivity index (χ1) is 6.72. The second kappa shape index (κ2) is 4.01. The van der Waals surface area contributed by atoms with Crippen LogP contribution in [0.25, 0.3) is 0 Å². The molecule has 0 aromatic carbocycles. The number of Topliss-reactive ketones (excluding diaryl/α,β-unsaturated/α-hetero) is 1. The van der Waals surface area contributed by atoms with Crippen LogP contribution in [-0.2, 0) is 4.79 Å². The third-order valence-electron chi connectivity index (χ3n) is 3.75. The lowest BCUT2D eigenvalue weighted by Gasteiger charge is -2.39. The average molecular weight is 195 g/mol. The Labute approximate surface area is 86.7 Å². The topological polar surface area (TPSA) is 20.3 Å². The summed E-state index contributed by atoms with van der Waals surface area (Å²) in [6, 6.07) is 1.25. The van der Waals surface area contributed by atoms with Gasteiger partial charge in [-0.25, -0.2) is 0 Å². The van der Waals surface area contributed by atoms with Gasteiger partial charge in [0.05, 0.1) is 0 Å². The summed E-state index contributed by atoms with van der Waals surface area (Å²) in [5.41, 5.74) is 0. The Morgan fingerprint density at radius 2 is 2.21 bits per heavy atom. The van der Waals surface area contributed by atoms with Crippen LogP contribution in [-0.4, -0.2) is 29.3 Å². The van der Waals surface area contributed by atoms with Crippen molar-refractivity contribution in [2.24, 2.45) is 5.92 Å². The summed E-state index contributed by atoms with van der Waals surface area (Å²) in [7, 11) is 0. The maximum atomic E-state index is 11.3. The van der Waals surface area contributed by atoms with E-state index in [1.807, 2.05) is 0 Å². The molecule has 0 spiro atoms. The second-order valence-corrected chi connectivity index (χ2v) is 4.89. The highest BCUT2D eigenvalue weighted by Gasteiger charge is 2.37. The van der Waals surface area contributed by atoms with E-state index in [1.165, 1.54) is 19.3 Å². The lowest BCUT2D eigenvalue weighted by Crippen LogP contribution is -2.47. The highest BCUT2D eigenvalue weighted by molar-refractivity contribution is 5.79. The first-order valence-corrected chi connectivity index (χ1v) is 5.99. The van der Waals surface area contributed by atoms with E-state index in [0.717, 1.165) is 31.3 Å². The molecule has 0 amide bonds. The number of likely N-dealkylation sites (tertiary alicyclic amines) is 1. The number of hydrogen-bond donors (Lipinski definition) is 0. The number of ketones is 1. The van der Waals surface area contributed by atoms with E-state index in [1.54, 1.807) is 0 Å². The number of carbonyl (C=O) groups is 1. The van der Waals surface area contributed by atoms with Gasteiger partial charge in [-0.15, -0.1) is 0 Å². The normalized spacial score (nSPS) is 31.9. The summed E-state index contributed by atoms with van der Waals surface area (Å²) in [6.45, 7) is 5.50. The monoisotopic (exact) mass is 195 g/mol. The molecule has 2 rings (SSSR count). The summed E-state index contributed by atoms with van der Waals surface area (Å²) in [4.78, 5) is 13.9. The SMILES string of the molecule is CCC(C1CC1)N1CCC(=O)CC1C. The van der Waals surface area contributed by atoms with Crippen LogP contribution in [0, 0.1) is 5.92 Å². The molecule has 2 atom stereocenters. The molecule has 0 bridgehead atoms. The molecular formula is C12H21NO. The maximum Gasteiger partial charge on any atom is 0.135 e. The fraction of sp³-hybridized carbons (Fsp3) is 0.917. The molecule has 1 aliphatic carbocycles. The number of rotatable bonds is 3. The van der Waals surface area contributed by atoms with Gasteiger partial charge in [0.25, 0.3) is 0 Å². The zero-order valence-corrected chi connectivity index (χ0v) is 9.33. The van der Waals surface area contributed by atoms with Crippen LogP contribution in [0.15, 0.2) is 0 Å². The van der Waals surface area contributed by atoms with Crippen LogP contribution in [0.1, 0.15) is 46.0 Å². The highest BCUT2D eigenvalue weighted by atomic mass is 16.1. The quantitative estimate of drug-likeness (QED) is 0.688. The van der Waals surface area contributed by atoms with Gasteiger partial charge < -0.3 is 0 Å². The van der Waals surface area contributed by atoms with E-state index in [4.69, 9.17) is 0 Å². The Balaban J connectivity index is 1.97. The van der Waals surface area contributed by atoms with E-state index in [-0.39, 0.29) is 0 Å². The molecule has 1 aliphatic heterocycles. The van der Waals surface area contributed by atoms with Crippen LogP contribution in [0.4, 0.5) is 0 Å². The van der Waals surface area contributed by atoms with Crippen molar-refractivity contribution in [3.63, 3.8) is 0 Å². The zero-order chi connectivity index (χ0) is 10.1. The lowest BCUT2D eigenvalue weighted by molar-refractivity contribution is -0.123. The van der Waals surface area contributed by atoms with Crippen molar-refractivity contribution in [2.75, 3.05) is 6.54 Å². The molecular weight excluding hydrogens is 174 g/mol. The van der Waals surface area contributed by atoms with Crippen molar-refractivity contribution in [2.45, 2.75) is 58.0 Å². The first-order valence-electron chi connectivity index (χ1n) is 5.99. The molecule has 2 fully saturated rings. The third kappa shape index (κ3) is 2.00. The summed E-state index contributed by atoms with van der Waals surface area (Å²) >= 11 is 0. The molecule has 2 nitrogen and oxygen atoms in total. The van der Waals surface area contributed by atoms with E-state index >= 15 is 0 Å². The predicted molar refractivity (Wildman–Crippen MR) is 57.2 cm³/mol. The standard InChI is InChI=1S/C12H21NO/c1-3-12(10-4-5-10)13-7-6-11(14)8-9(13)2/h9-10,12H,3-8H2,1-2H3. The Kier molecular flexibility index (Phi) is 2.91. The van der Waals surface area contributed by atoms with Gasteiger partial charge in [0.15, 0.2) is 0 Å². The minimum Gasteiger partial charge on any atom is -0.300 e. The van der Waals surface area contributed by atoms with Crippen LogP contribution in [0.2, 0.25) is 0 Å². The van der Waals surface area contributed by atoms with E-state index < -0.39 is 0 Å². The molecule has 0 aromatic heterocycles. The van der Waals surface area contributed by atoms with Crippen molar-refractivity contribution < 1.29 is 4.79 Å². The summed E-state index contributed by atoms with van der Waals surface area (Å²) in [5.74, 6) is 1.40. The smallest absolute Gasteiger partial charge is 0.135 e. The van der Waals surface area contributed by atoms with E-state index in [2.05, 4.69) is 18.7 Å². The van der Waals surface area contributed by atoms with Gasteiger partial charge in [-0.1, -0.05) is 6.92 Å². The van der Waals surface area contributed by atoms with Gasteiger partial charge in [-0.2, -0.15) is 0 Å². The van der Waals surface area contributed by atoms with Gasteiger partial charge in [0.2, 0.25) is 0 Å². The number of carbonyl (C=O) groups excluding carboxylic acids is 1. The molecule has 1 saturated carbocycles. The molecule has 1 saturated heterocycles. The number of nitrogens with zero attached hydrogens (tertiary/aromatic N) is 1. The fourth-order valence-corrected chi connectivity index (χ4v) is 2.84. The minimum atomic E-state index is 0.458. The van der Waals surface area contributed by atoms with Gasteiger partial charge in [0, 0.05) is 31.5 Å². The Morgan fingerprint density at radius 1 is 1.50 bits per heavy atom. The van der Waals surface area contributed by atoms with Gasteiger partial charge in [-0.05, 0) is 32.1 Å². The Hall–Kier alpha value is -0.370. The van der Waals surface area contributed by atoms with E-state index in [9.17, 15) is 4.79 Å². The summed E-state index contributed by atoms with van der Waals surface area (Å²) in [5, 5.41) is 0. The van der Waals surface area contributed by atoms with Crippen molar-refractivity contribution in [3.8, 4) is 0 Å². The second-order valence-electron chi connectivity index (χ2n) is 4.89. The van der Waals surface area contributed by atoms with Crippen molar-refractivity contribution in [1.82, 2.24) is 4.90 Å². The first kappa shape index (κ1) is 10.2. The molecule has 1 heterocycles. The molecule has 2 aliphatic rings. The average Bonchev–Trinajstić information content (AvgIpc) is 2.93. The van der Waals surface area contributed by atoms with Crippen LogP contribution < -0.4 is 0 Å². The summed E-state index contributed by atoms with van der Waals surface area (Å²) < 4.78 is 0. The zero-order valence-electron chi connectivity index (χ0n) is 9.33. The number of hydrogen-bond acceptors (Lipinski definition) is 2. The van der Waals surface area contributed by atoms with Gasteiger partial charge >= 0.3 is 0 Å². The predicted octanol–water partition coefficient (Wildman–Crippen LogP) is 2.23. The highest BCUT2D eigenvalue weighted by Crippen LogP contribution is 2.38. The van der Waals surface area contributed by atoms with Crippen LogP contribution in [0.5, 0.6) is 0 Å². The van der Waals surface area contributed by atoms with Crippen molar-refractivity contribution in [1.29, 1.82) is 0 Å². The van der Waals surface area contributed by atoms with Gasteiger partial charge in [-0.3, -0.25) is 9.69 Å². The largest absolute Gasteiger partial charge is 0.300 e. The molecule has 2 heteroatoms. The van der Waals surface area contributed by atoms with Gasteiger partial charge in [0.1, 0.15) is 5.78 Å². The molecule has 2 unspecified atom stereocenters. The van der Waals surface area contributed by atoms with Crippen LogP contribution >= 0.6 is 0 Å².